The van der Waals surface area contributed by atoms with E-state index >= 15 is 0 Å². The van der Waals surface area contributed by atoms with E-state index in [0.717, 1.165) is 64.4 Å². The maximum Gasteiger partial charge on any atom is 0.205 e. The molecular weight excluding hydrogens is 406 g/mol. The van der Waals surface area contributed by atoms with Crippen LogP contribution in [0.2, 0.25) is 0 Å². The van der Waals surface area contributed by atoms with Crippen molar-refractivity contribution in [2.24, 2.45) is 0 Å². The lowest BCUT2D eigenvalue weighted by atomic mass is 9.98. The molecule has 0 spiro atoms. The molecule has 0 aliphatic heterocycles. The van der Waals surface area contributed by atoms with Crippen molar-refractivity contribution in [2.45, 2.75) is 39.7 Å². The first-order valence-corrected chi connectivity index (χ1v) is 11.3. The quantitative estimate of drug-likeness (QED) is 0.392. The number of aryl methyl sites for hydroxylation is 2. The molecule has 0 radical (unpaired) electrons. The molecule has 0 atom stereocenters. The fourth-order valence-corrected chi connectivity index (χ4v) is 4.69. The number of nitrogens with one attached hydrogen (secondary N) is 1. The summed E-state index contributed by atoms with van der Waals surface area (Å²) in [5, 5.41) is 14.5. The standard InChI is InChI=1S/C23H23N7S/c1-3-4-9-20-24-21-15(2)27-31-23(21)30(20)14-16-10-12-17(13-11-16)18-7-5-6-8-19(18)22-25-28-29-26-22/h5-8,10-13H,3-4,9,14H2,1-2H3,(H,25,26,28,29). The Hall–Kier alpha value is -3.39. The highest BCUT2D eigenvalue weighted by atomic mass is 32.1. The Labute approximate surface area is 184 Å². The van der Waals surface area contributed by atoms with Gasteiger partial charge in [-0.15, -0.1) is 10.2 Å². The van der Waals surface area contributed by atoms with Crippen LogP contribution in [-0.4, -0.2) is 34.5 Å². The molecule has 1 N–H and O–H groups in total. The van der Waals surface area contributed by atoms with Crippen molar-refractivity contribution in [3.8, 4) is 22.5 Å². The van der Waals surface area contributed by atoms with Crippen LogP contribution >= 0.6 is 11.5 Å². The van der Waals surface area contributed by atoms with Crippen LogP contribution in [0.15, 0.2) is 48.5 Å². The van der Waals surface area contributed by atoms with E-state index in [1.54, 1.807) is 11.5 Å². The lowest BCUT2D eigenvalue weighted by Crippen LogP contribution is -2.05. The lowest BCUT2D eigenvalue weighted by Gasteiger charge is -2.10. The molecule has 3 heterocycles. The Bertz CT molecular complexity index is 1300. The number of hydrogen-bond donors (Lipinski definition) is 1. The van der Waals surface area contributed by atoms with Crippen LogP contribution in [0.25, 0.3) is 32.9 Å². The molecule has 3 aromatic heterocycles. The second-order valence-corrected chi connectivity index (χ2v) is 8.37. The Morgan fingerprint density at radius 3 is 2.58 bits per heavy atom. The van der Waals surface area contributed by atoms with E-state index in [-0.39, 0.29) is 0 Å². The van der Waals surface area contributed by atoms with E-state index in [9.17, 15) is 0 Å². The minimum absolute atomic E-state index is 0.599. The molecule has 156 valence electrons. The molecule has 7 nitrogen and oxygen atoms in total. The Kier molecular flexibility index (Phi) is 5.30. The molecule has 5 rings (SSSR count). The van der Waals surface area contributed by atoms with Gasteiger partial charge in [0.1, 0.15) is 16.2 Å². The fraction of sp³-hybridized carbons (Fsp3) is 0.261. The largest absolute Gasteiger partial charge is 0.314 e. The Morgan fingerprint density at radius 1 is 1.03 bits per heavy atom. The van der Waals surface area contributed by atoms with Crippen molar-refractivity contribution in [1.29, 1.82) is 0 Å². The molecule has 0 fully saturated rings. The second-order valence-electron chi connectivity index (χ2n) is 7.62. The first-order chi connectivity index (χ1) is 15.2. The summed E-state index contributed by atoms with van der Waals surface area (Å²) < 4.78 is 6.84. The van der Waals surface area contributed by atoms with Crippen LogP contribution < -0.4 is 0 Å². The zero-order chi connectivity index (χ0) is 21.2. The molecular formula is C23H23N7S. The van der Waals surface area contributed by atoms with E-state index in [2.05, 4.69) is 66.8 Å². The molecule has 0 saturated carbocycles. The van der Waals surface area contributed by atoms with Gasteiger partial charge in [-0.05, 0) is 46.8 Å². The predicted molar refractivity (Wildman–Crippen MR) is 123 cm³/mol. The predicted octanol–water partition coefficient (Wildman–Crippen LogP) is 5.04. The highest BCUT2D eigenvalue weighted by molar-refractivity contribution is 7.13. The molecule has 8 heteroatoms. The molecule has 2 aromatic carbocycles. The van der Waals surface area contributed by atoms with Gasteiger partial charge >= 0.3 is 0 Å². The average Bonchev–Trinajstić information content (AvgIpc) is 3.53. The van der Waals surface area contributed by atoms with Crippen molar-refractivity contribution in [3.05, 3.63) is 65.6 Å². The number of hydrogen-bond acceptors (Lipinski definition) is 6. The van der Waals surface area contributed by atoms with Gasteiger partial charge in [-0.1, -0.05) is 61.9 Å². The number of fused-ring (bicyclic) bond motifs is 1. The SMILES string of the molecule is CCCCc1nc2c(C)nsc2n1Cc1ccc(-c2ccccc2-c2nn[nH]n2)cc1. The maximum atomic E-state index is 4.90. The van der Waals surface area contributed by atoms with Gasteiger partial charge < -0.3 is 4.57 Å². The van der Waals surface area contributed by atoms with Crippen LogP contribution in [0, 0.1) is 6.92 Å². The number of imidazole rings is 1. The summed E-state index contributed by atoms with van der Waals surface area (Å²) in [5.74, 6) is 1.75. The van der Waals surface area contributed by atoms with Gasteiger partial charge in [0.05, 0.1) is 12.2 Å². The van der Waals surface area contributed by atoms with Crippen LogP contribution in [-0.2, 0) is 13.0 Å². The van der Waals surface area contributed by atoms with E-state index in [0.29, 0.717) is 5.82 Å². The number of benzene rings is 2. The van der Waals surface area contributed by atoms with Crippen LogP contribution in [0.5, 0.6) is 0 Å². The van der Waals surface area contributed by atoms with Crippen molar-refractivity contribution < 1.29 is 0 Å². The second kappa shape index (κ2) is 8.39. The number of aromatic amines is 1. The molecule has 5 aromatic rings. The van der Waals surface area contributed by atoms with E-state index < -0.39 is 0 Å². The molecule has 31 heavy (non-hydrogen) atoms. The van der Waals surface area contributed by atoms with Gasteiger partial charge in [-0.25, -0.2) is 4.98 Å². The summed E-state index contributed by atoms with van der Waals surface area (Å²) >= 11 is 1.54. The van der Waals surface area contributed by atoms with Crippen LogP contribution in [0.1, 0.15) is 36.8 Å². The summed E-state index contributed by atoms with van der Waals surface area (Å²) in [6.07, 6.45) is 3.29. The third-order valence-electron chi connectivity index (χ3n) is 5.48. The summed E-state index contributed by atoms with van der Waals surface area (Å²) in [4.78, 5) is 6.06. The number of rotatable bonds is 7. The normalized spacial score (nSPS) is 11.4. The molecule has 0 saturated heterocycles. The highest BCUT2D eigenvalue weighted by Gasteiger charge is 2.16. The smallest absolute Gasteiger partial charge is 0.205 e. The van der Waals surface area contributed by atoms with Gasteiger partial charge in [0, 0.05) is 12.0 Å². The van der Waals surface area contributed by atoms with Gasteiger partial charge in [0.25, 0.3) is 0 Å². The number of H-pyrrole nitrogens is 1. The minimum atomic E-state index is 0.599. The zero-order valence-electron chi connectivity index (χ0n) is 17.5. The van der Waals surface area contributed by atoms with Crippen molar-refractivity contribution >= 4 is 21.9 Å². The van der Waals surface area contributed by atoms with Gasteiger partial charge in [-0.2, -0.15) is 9.59 Å². The molecule has 0 aliphatic rings. The molecule has 0 amide bonds. The van der Waals surface area contributed by atoms with Gasteiger partial charge in [0.2, 0.25) is 5.82 Å². The fourth-order valence-electron chi connectivity index (χ4n) is 3.83. The van der Waals surface area contributed by atoms with E-state index in [1.165, 1.54) is 5.56 Å². The number of nitrogens with zero attached hydrogens (tertiary/aromatic N) is 6. The number of tetrazole rings is 1. The van der Waals surface area contributed by atoms with Crippen molar-refractivity contribution in [3.63, 3.8) is 0 Å². The molecule has 0 unspecified atom stereocenters. The highest BCUT2D eigenvalue weighted by Crippen LogP contribution is 2.30. The van der Waals surface area contributed by atoms with Crippen LogP contribution in [0.3, 0.4) is 0 Å². The lowest BCUT2D eigenvalue weighted by molar-refractivity contribution is 0.691. The third-order valence-corrected chi connectivity index (χ3v) is 6.44. The monoisotopic (exact) mass is 429 g/mol. The number of aromatic nitrogens is 7. The summed E-state index contributed by atoms with van der Waals surface area (Å²) in [6, 6.07) is 16.8. The number of unbranched alkanes of at least 4 members (excludes halogenated alkanes) is 1. The summed E-state index contributed by atoms with van der Waals surface area (Å²) in [6.45, 7) is 5.05. The molecule has 0 aliphatic carbocycles. The van der Waals surface area contributed by atoms with Crippen molar-refractivity contribution in [1.82, 2.24) is 34.5 Å². The van der Waals surface area contributed by atoms with Crippen LogP contribution in [0.4, 0.5) is 0 Å². The topological polar surface area (TPSA) is 85.2 Å². The third kappa shape index (κ3) is 3.74. The first-order valence-electron chi connectivity index (χ1n) is 10.5. The van der Waals surface area contributed by atoms with Gasteiger partial charge in [-0.3, -0.25) is 0 Å². The average molecular weight is 430 g/mol. The van der Waals surface area contributed by atoms with Crippen molar-refractivity contribution in [2.75, 3.05) is 0 Å². The molecule has 0 bridgehead atoms. The summed E-state index contributed by atoms with van der Waals surface area (Å²) in [7, 11) is 0. The minimum Gasteiger partial charge on any atom is -0.314 e. The maximum absolute atomic E-state index is 4.90. The zero-order valence-corrected chi connectivity index (χ0v) is 18.4. The van der Waals surface area contributed by atoms with E-state index in [4.69, 9.17) is 4.98 Å². The first kappa shape index (κ1) is 19.6. The van der Waals surface area contributed by atoms with Gasteiger partial charge in [0.15, 0.2) is 0 Å². The summed E-state index contributed by atoms with van der Waals surface area (Å²) in [5.41, 5.74) is 6.47. The Morgan fingerprint density at radius 2 is 1.84 bits per heavy atom. The van der Waals surface area contributed by atoms with E-state index in [1.807, 2.05) is 25.1 Å². The Balaban J connectivity index is 1.46.